The number of methoxy groups -OCH3 is 2. The Balaban J connectivity index is 2.98. The molecule has 0 bridgehead atoms. The van der Waals surface area contributed by atoms with Crippen LogP contribution >= 0.6 is 11.3 Å². The molecule has 0 saturated heterocycles. The summed E-state index contributed by atoms with van der Waals surface area (Å²) >= 11 is 1.31. The largest absolute Gasteiger partial charge is 0.476 e. The van der Waals surface area contributed by atoms with Gasteiger partial charge >= 0.3 is 5.97 Å². The van der Waals surface area contributed by atoms with E-state index >= 15 is 0 Å². The van der Waals surface area contributed by atoms with Crippen LogP contribution in [0.1, 0.15) is 63.5 Å². The maximum absolute atomic E-state index is 11.0. The topological polar surface area (TPSA) is 87.1 Å². The lowest BCUT2D eigenvalue weighted by molar-refractivity contribution is -0.116. The molecular formula is C30H47NO6SSi. The number of carboxylic acid groups (broad SMARTS) is 1. The van der Waals surface area contributed by atoms with E-state index in [1.165, 1.54) is 16.7 Å². The van der Waals surface area contributed by atoms with Gasteiger partial charge in [-0.1, -0.05) is 64.7 Å². The van der Waals surface area contributed by atoms with Crippen LogP contribution in [0.15, 0.2) is 41.8 Å². The molecule has 0 fully saturated rings. The minimum atomic E-state index is -1.87. The van der Waals surface area contributed by atoms with Gasteiger partial charge in [0.1, 0.15) is 6.79 Å². The highest BCUT2D eigenvalue weighted by molar-refractivity contribution is 7.09. The van der Waals surface area contributed by atoms with E-state index < -0.39 is 14.3 Å². The number of carbonyl (C=O) groups is 1. The summed E-state index contributed by atoms with van der Waals surface area (Å²) in [5.41, 5.74) is -0.231. The first-order valence-corrected chi connectivity index (χ1v) is 17.0. The second kappa shape index (κ2) is 18.3. The third-order valence-corrected chi connectivity index (χ3v) is 12.6. The fourth-order valence-electron chi connectivity index (χ4n) is 4.23. The first kappa shape index (κ1) is 35.0. The van der Waals surface area contributed by atoms with Gasteiger partial charge in [0.05, 0.1) is 23.3 Å². The molecule has 1 heterocycles. The van der Waals surface area contributed by atoms with Crippen LogP contribution in [-0.2, 0) is 25.1 Å². The predicted octanol–water partition coefficient (Wildman–Crippen LogP) is 6.89. The van der Waals surface area contributed by atoms with Crippen LogP contribution in [0.4, 0.5) is 0 Å². The zero-order valence-corrected chi connectivity index (χ0v) is 26.7. The molecule has 7 nitrogen and oxygen atoms in total. The summed E-state index contributed by atoms with van der Waals surface area (Å²) in [6.45, 7) is 13.4. The molecule has 0 unspecified atom stereocenters. The van der Waals surface area contributed by atoms with Crippen molar-refractivity contribution in [2.24, 2.45) is 5.41 Å². The van der Waals surface area contributed by atoms with Crippen molar-refractivity contribution in [3.05, 3.63) is 52.5 Å². The SMILES string of the molecule is C/C=C/[C@H](OCOC)C(C)(C)[C@H](C/C=C\C#C/C=C/[C@@H](Cc1nc(C(=O)O)cs1)OC)O[Si](CC)(CC)CC. The van der Waals surface area contributed by atoms with Crippen molar-refractivity contribution in [3.63, 3.8) is 0 Å². The summed E-state index contributed by atoms with van der Waals surface area (Å²) in [6, 6.07) is 3.23. The first-order valence-electron chi connectivity index (χ1n) is 13.6. The van der Waals surface area contributed by atoms with Crippen LogP contribution in [0.2, 0.25) is 18.1 Å². The first-order chi connectivity index (χ1) is 18.6. The summed E-state index contributed by atoms with van der Waals surface area (Å²) in [5, 5.41) is 11.3. The summed E-state index contributed by atoms with van der Waals surface area (Å²) in [5.74, 6) is 5.08. The van der Waals surface area contributed by atoms with Gasteiger partial charge in [0.15, 0.2) is 14.0 Å². The average Bonchev–Trinajstić information content (AvgIpc) is 3.40. The van der Waals surface area contributed by atoms with Crippen molar-refractivity contribution < 1.29 is 28.5 Å². The van der Waals surface area contributed by atoms with E-state index in [9.17, 15) is 4.79 Å². The van der Waals surface area contributed by atoms with Crippen LogP contribution in [0.3, 0.4) is 0 Å². The third-order valence-electron chi connectivity index (χ3n) is 7.10. The molecule has 0 spiro atoms. The number of aromatic nitrogens is 1. The number of carboxylic acids is 1. The Bertz CT molecular complexity index is 994. The van der Waals surface area contributed by atoms with Crippen LogP contribution in [0, 0.1) is 17.3 Å². The monoisotopic (exact) mass is 577 g/mol. The molecule has 0 aliphatic carbocycles. The minimum absolute atomic E-state index is 0.0393. The molecule has 0 amide bonds. The quantitative estimate of drug-likeness (QED) is 0.0880. The van der Waals surface area contributed by atoms with E-state index in [-0.39, 0.29) is 36.2 Å². The smallest absolute Gasteiger partial charge is 0.355 e. The van der Waals surface area contributed by atoms with Gasteiger partial charge in [-0.15, -0.1) is 11.3 Å². The Morgan fingerprint density at radius 3 is 2.36 bits per heavy atom. The van der Waals surface area contributed by atoms with E-state index in [0.29, 0.717) is 11.4 Å². The van der Waals surface area contributed by atoms with E-state index in [1.54, 1.807) is 20.3 Å². The lowest BCUT2D eigenvalue weighted by Gasteiger charge is -2.44. The Hall–Kier alpha value is -2.06. The molecule has 1 N–H and O–H groups in total. The number of hydrogen-bond donors (Lipinski definition) is 1. The van der Waals surface area contributed by atoms with Crippen molar-refractivity contribution in [2.75, 3.05) is 21.0 Å². The molecule has 9 heteroatoms. The average molecular weight is 578 g/mol. The van der Waals surface area contributed by atoms with E-state index in [4.69, 9.17) is 23.7 Å². The van der Waals surface area contributed by atoms with Crippen LogP contribution in [0.25, 0.3) is 0 Å². The lowest BCUT2D eigenvalue weighted by Crippen LogP contribution is -2.49. The van der Waals surface area contributed by atoms with E-state index in [1.807, 2.05) is 25.2 Å². The predicted molar refractivity (Wildman–Crippen MR) is 162 cm³/mol. The molecule has 1 rings (SSSR count). The molecule has 0 radical (unpaired) electrons. The molecule has 0 aromatic carbocycles. The van der Waals surface area contributed by atoms with Crippen LogP contribution in [-0.4, -0.2) is 63.7 Å². The summed E-state index contributed by atoms with van der Waals surface area (Å²) in [4.78, 5) is 15.2. The van der Waals surface area contributed by atoms with Crippen molar-refractivity contribution in [3.8, 4) is 11.8 Å². The Morgan fingerprint density at radius 2 is 1.82 bits per heavy atom. The molecule has 0 aliphatic rings. The fraction of sp³-hybridized carbons (Fsp3) is 0.600. The highest BCUT2D eigenvalue weighted by atomic mass is 32.1. The number of thiazole rings is 1. The van der Waals surface area contributed by atoms with E-state index in [0.717, 1.165) is 24.6 Å². The maximum Gasteiger partial charge on any atom is 0.355 e. The molecule has 3 atom stereocenters. The number of allylic oxidation sites excluding steroid dienone is 3. The molecule has 218 valence electrons. The summed E-state index contributed by atoms with van der Waals surface area (Å²) in [6.07, 6.45) is 12.4. The second-order valence-corrected chi connectivity index (χ2v) is 15.6. The Morgan fingerprint density at radius 1 is 1.15 bits per heavy atom. The molecule has 39 heavy (non-hydrogen) atoms. The Labute approximate surface area is 240 Å². The van der Waals surface area contributed by atoms with Gasteiger partial charge in [0, 0.05) is 31.4 Å². The fourth-order valence-corrected chi connectivity index (χ4v) is 8.05. The van der Waals surface area contributed by atoms with Crippen LogP contribution < -0.4 is 0 Å². The van der Waals surface area contributed by atoms with Gasteiger partial charge in [-0.2, -0.15) is 0 Å². The van der Waals surface area contributed by atoms with Gasteiger partial charge in [-0.3, -0.25) is 0 Å². The maximum atomic E-state index is 11.0. The number of rotatable bonds is 18. The summed E-state index contributed by atoms with van der Waals surface area (Å²) in [7, 11) is 1.38. The standard InChI is InChI=1S/C30H47NO6SSi/c1-9-18-26(36-23-34-7)30(5,6)27(37-39(10-2,11-3)12-4)20-17-15-13-14-16-19-24(35-8)21-28-31-25(22-38-28)29(32)33/h9,15-19,22,24,26-27H,10-12,20-21,23H2,1-8H3,(H,32,33)/b17-15-,18-9+,19-16+/t24-,26-,27-/m0/s1. The minimum Gasteiger partial charge on any atom is -0.476 e. The van der Waals surface area contributed by atoms with Crippen molar-refractivity contribution in [2.45, 2.75) is 90.8 Å². The van der Waals surface area contributed by atoms with Crippen LogP contribution in [0.5, 0.6) is 0 Å². The highest BCUT2D eigenvalue weighted by Crippen LogP contribution is 2.37. The van der Waals surface area contributed by atoms with Crippen molar-refractivity contribution >= 4 is 25.6 Å². The van der Waals surface area contributed by atoms with Gasteiger partial charge in [0.2, 0.25) is 0 Å². The zero-order chi connectivity index (χ0) is 29.3. The Kier molecular flexibility index (Phi) is 16.4. The molecule has 1 aromatic rings. The van der Waals surface area contributed by atoms with Crippen molar-refractivity contribution in [1.29, 1.82) is 0 Å². The third kappa shape index (κ3) is 11.5. The zero-order valence-electron chi connectivity index (χ0n) is 24.9. The van der Waals surface area contributed by atoms with Crippen molar-refractivity contribution in [1.82, 2.24) is 4.98 Å². The summed E-state index contributed by atoms with van der Waals surface area (Å²) < 4.78 is 23.8. The van der Waals surface area contributed by atoms with Gasteiger partial charge in [-0.05, 0) is 49.7 Å². The number of aromatic carboxylic acids is 1. The molecule has 1 aromatic heterocycles. The second-order valence-electron chi connectivity index (χ2n) is 9.89. The number of nitrogens with zero attached hydrogens (tertiary/aromatic N) is 1. The highest BCUT2D eigenvalue weighted by Gasteiger charge is 2.42. The van der Waals surface area contributed by atoms with Gasteiger partial charge in [0.25, 0.3) is 0 Å². The van der Waals surface area contributed by atoms with E-state index in [2.05, 4.69) is 63.6 Å². The van der Waals surface area contributed by atoms with Gasteiger partial charge < -0.3 is 23.7 Å². The molecule has 0 aliphatic heterocycles. The number of hydrogen-bond acceptors (Lipinski definition) is 7. The molecule has 0 saturated carbocycles. The van der Waals surface area contributed by atoms with Gasteiger partial charge in [-0.25, -0.2) is 9.78 Å². The lowest BCUT2D eigenvalue weighted by atomic mass is 9.79. The normalized spacial score (nSPS) is 15.1. The molecular weight excluding hydrogens is 530 g/mol. The number of ether oxygens (including phenoxy) is 3.